The van der Waals surface area contributed by atoms with E-state index in [1.165, 1.54) is 38.5 Å². The first kappa shape index (κ1) is 19.8. The number of rotatable bonds is 11. The summed E-state index contributed by atoms with van der Waals surface area (Å²) >= 11 is 0. The van der Waals surface area contributed by atoms with E-state index in [9.17, 15) is 4.79 Å². The summed E-state index contributed by atoms with van der Waals surface area (Å²) in [5, 5.41) is 5.93. The van der Waals surface area contributed by atoms with E-state index in [0.717, 1.165) is 19.5 Å². The molecule has 0 aromatic heterocycles. The summed E-state index contributed by atoms with van der Waals surface area (Å²) in [6.45, 7) is 10.4. The Morgan fingerprint density at radius 3 is 2.00 bits per heavy atom. The fourth-order valence-corrected chi connectivity index (χ4v) is 1.61. The topological polar surface area (TPSA) is 41.1 Å². The number of likely N-dealkylation sites (N-methyl/N-ethyl adjacent to an activating group) is 1. The Balaban J connectivity index is 0. The maximum Gasteiger partial charge on any atom is 0.233 e. The van der Waals surface area contributed by atoms with Gasteiger partial charge in [0.1, 0.15) is 0 Å². The minimum absolute atomic E-state index is 0.118. The molecule has 2 N–H and O–H groups in total. The van der Waals surface area contributed by atoms with Crippen LogP contribution in [-0.2, 0) is 4.79 Å². The highest BCUT2D eigenvalue weighted by Crippen LogP contribution is 2.06. The van der Waals surface area contributed by atoms with Gasteiger partial charge < -0.3 is 10.6 Å². The molecule has 0 saturated carbocycles. The van der Waals surface area contributed by atoms with Crippen LogP contribution in [0.4, 0.5) is 0 Å². The highest BCUT2D eigenvalue weighted by Gasteiger charge is 1.97. The van der Waals surface area contributed by atoms with Gasteiger partial charge in [0.05, 0.1) is 6.54 Å². The molecule has 0 radical (unpaired) electrons. The number of carbonyl (C=O) groups excluding carboxylic acids is 1. The molecular formula is C15H34N2O. The van der Waals surface area contributed by atoms with Crippen molar-refractivity contribution in [3.63, 3.8) is 0 Å². The van der Waals surface area contributed by atoms with Crippen LogP contribution in [0.3, 0.4) is 0 Å². The van der Waals surface area contributed by atoms with E-state index >= 15 is 0 Å². The Labute approximate surface area is 114 Å². The first-order valence-corrected chi connectivity index (χ1v) is 7.78. The van der Waals surface area contributed by atoms with Crippen molar-refractivity contribution in [2.75, 3.05) is 19.6 Å². The fraction of sp³-hybridized carbons (Fsp3) is 0.933. The first-order valence-electron chi connectivity index (χ1n) is 7.78. The molecule has 0 aromatic rings. The molecule has 0 aliphatic carbocycles. The van der Waals surface area contributed by atoms with Crippen molar-refractivity contribution in [2.24, 2.45) is 0 Å². The van der Waals surface area contributed by atoms with E-state index in [1.54, 1.807) is 0 Å². The maximum atomic E-state index is 11.2. The number of nitrogens with one attached hydrogen (secondary N) is 2. The Morgan fingerprint density at radius 1 is 0.889 bits per heavy atom. The lowest BCUT2D eigenvalue weighted by atomic mass is 10.1. The molecule has 18 heavy (non-hydrogen) atoms. The minimum atomic E-state index is 0.118. The predicted molar refractivity (Wildman–Crippen MR) is 80.9 cm³/mol. The molecule has 0 unspecified atom stereocenters. The van der Waals surface area contributed by atoms with E-state index in [4.69, 9.17) is 0 Å². The summed E-state index contributed by atoms with van der Waals surface area (Å²) in [5.41, 5.74) is 0. The molecule has 3 heteroatoms. The molecule has 0 saturated heterocycles. The van der Waals surface area contributed by atoms with E-state index in [2.05, 4.69) is 17.6 Å². The van der Waals surface area contributed by atoms with Gasteiger partial charge in [0, 0.05) is 6.54 Å². The zero-order chi connectivity index (χ0) is 14.1. The quantitative estimate of drug-likeness (QED) is 0.557. The lowest BCUT2D eigenvalue weighted by Gasteiger charge is -2.05. The zero-order valence-electron chi connectivity index (χ0n) is 13.0. The summed E-state index contributed by atoms with van der Waals surface area (Å²) in [6, 6.07) is 0. The largest absolute Gasteiger partial charge is 0.355 e. The van der Waals surface area contributed by atoms with Gasteiger partial charge in [-0.2, -0.15) is 0 Å². The molecule has 0 fully saturated rings. The van der Waals surface area contributed by atoms with E-state index in [1.807, 2.05) is 20.8 Å². The third kappa shape index (κ3) is 17.8. The molecule has 3 nitrogen and oxygen atoms in total. The molecule has 0 spiro atoms. The van der Waals surface area contributed by atoms with Crippen molar-refractivity contribution < 1.29 is 4.79 Å². The Hall–Kier alpha value is -0.570. The molecule has 0 rings (SSSR count). The zero-order valence-corrected chi connectivity index (χ0v) is 13.0. The number of hydrogen-bond acceptors (Lipinski definition) is 2. The van der Waals surface area contributed by atoms with Gasteiger partial charge in [0.25, 0.3) is 0 Å². The minimum Gasteiger partial charge on any atom is -0.355 e. The summed E-state index contributed by atoms with van der Waals surface area (Å²) in [4.78, 5) is 11.2. The second-order valence-corrected chi connectivity index (χ2v) is 4.25. The van der Waals surface area contributed by atoms with Crippen LogP contribution < -0.4 is 10.6 Å². The number of unbranched alkanes of at least 4 members (excludes halogenated alkanes) is 6. The SMILES string of the molecule is CC.CCCCCCCCCNC(=O)CNCC. The van der Waals surface area contributed by atoms with Crippen LogP contribution >= 0.6 is 0 Å². The van der Waals surface area contributed by atoms with Gasteiger partial charge in [-0.25, -0.2) is 0 Å². The molecule has 0 aliphatic heterocycles. The number of hydrogen-bond donors (Lipinski definition) is 2. The van der Waals surface area contributed by atoms with Crippen LogP contribution in [0.2, 0.25) is 0 Å². The molecule has 0 aromatic carbocycles. The van der Waals surface area contributed by atoms with Crippen molar-refractivity contribution in [2.45, 2.75) is 72.6 Å². The second kappa shape index (κ2) is 18.8. The lowest BCUT2D eigenvalue weighted by Crippen LogP contribution is -2.34. The van der Waals surface area contributed by atoms with Gasteiger partial charge in [0.2, 0.25) is 5.91 Å². The van der Waals surface area contributed by atoms with Crippen LogP contribution in [0.1, 0.15) is 72.6 Å². The maximum absolute atomic E-state index is 11.2. The van der Waals surface area contributed by atoms with Crippen molar-refractivity contribution >= 4 is 5.91 Å². The number of carbonyl (C=O) groups is 1. The third-order valence-electron chi connectivity index (χ3n) is 2.64. The normalized spacial score (nSPS) is 9.56. The molecule has 110 valence electrons. The van der Waals surface area contributed by atoms with Crippen molar-refractivity contribution in [1.29, 1.82) is 0 Å². The molecule has 0 bridgehead atoms. The van der Waals surface area contributed by atoms with Crippen molar-refractivity contribution in [3.8, 4) is 0 Å². The highest BCUT2D eigenvalue weighted by molar-refractivity contribution is 5.77. The average molecular weight is 258 g/mol. The van der Waals surface area contributed by atoms with E-state index < -0.39 is 0 Å². The van der Waals surface area contributed by atoms with Crippen LogP contribution in [0.15, 0.2) is 0 Å². The average Bonchev–Trinajstić information content (AvgIpc) is 2.41. The monoisotopic (exact) mass is 258 g/mol. The van der Waals surface area contributed by atoms with Gasteiger partial charge in [-0.3, -0.25) is 4.79 Å². The number of amides is 1. The summed E-state index contributed by atoms with van der Waals surface area (Å²) in [7, 11) is 0. The third-order valence-corrected chi connectivity index (χ3v) is 2.64. The molecule has 0 aliphatic rings. The standard InChI is InChI=1S/C13H28N2O.C2H6/c1-3-5-6-7-8-9-10-11-15-13(16)12-14-4-2;1-2/h14H,3-12H2,1-2H3,(H,15,16);1-2H3. The predicted octanol–water partition coefficient (Wildman–Crippen LogP) is 3.49. The molecular weight excluding hydrogens is 224 g/mol. The van der Waals surface area contributed by atoms with Crippen LogP contribution in [-0.4, -0.2) is 25.5 Å². The van der Waals surface area contributed by atoms with Crippen LogP contribution in [0, 0.1) is 0 Å². The van der Waals surface area contributed by atoms with Gasteiger partial charge in [-0.05, 0) is 13.0 Å². The van der Waals surface area contributed by atoms with E-state index in [-0.39, 0.29) is 5.91 Å². The van der Waals surface area contributed by atoms with Gasteiger partial charge in [-0.15, -0.1) is 0 Å². The summed E-state index contributed by atoms with van der Waals surface area (Å²) < 4.78 is 0. The summed E-state index contributed by atoms with van der Waals surface area (Å²) in [6.07, 6.45) is 9.04. The Morgan fingerprint density at radius 2 is 1.44 bits per heavy atom. The molecule has 0 heterocycles. The van der Waals surface area contributed by atoms with Crippen LogP contribution in [0.5, 0.6) is 0 Å². The lowest BCUT2D eigenvalue weighted by molar-refractivity contribution is -0.120. The van der Waals surface area contributed by atoms with Crippen LogP contribution in [0.25, 0.3) is 0 Å². The molecule has 1 amide bonds. The summed E-state index contributed by atoms with van der Waals surface area (Å²) in [5.74, 6) is 0.118. The first-order chi connectivity index (χ1) is 8.81. The van der Waals surface area contributed by atoms with Gasteiger partial charge >= 0.3 is 0 Å². The molecule has 0 atom stereocenters. The second-order valence-electron chi connectivity index (χ2n) is 4.25. The Kier molecular flexibility index (Phi) is 20.6. The fourth-order valence-electron chi connectivity index (χ4n) is 1.61. The van der Waals surface area contributed by atoms with Gasteiger partial charge in [0.15, 0.2) is 0 Å². The van der Waals surface area contributed by atoms with Crippen molar-refractivity contribution in [3.05, 3.63) is 0 Å². The Bertz CT molecular complexity index is 161. The van der Waals surface area contributed by atoms with Gasteiger partial charge in [-0.1, -0.05) is 66.2 Å². The van der Waals surface area contributed by atoms with Crippen molar-refractivity contribution in [1.82, 2.24) is 10.6 Å². The van der Waals surface area contributed by atoms with E-state index in [0.29, 0.717) is 6.54 Å². The smallest absolute Gasteiger partial charge is 0.233 e. The highest BCUT2D eigenvalue weighted by atomic mass is 16.1.